The molecule has 1 amide bonds. The van der Waals surface area contributed by atoms with Crippen LogP contribution >= 0.6 is 0 Å². The van der Waals surface area contributed by atoms with Crippen LogP contribution in [-0.2, 0) is 4.79 Å². The van der Waals surface area contributed by atoms with Crippen molar-refractivity contribution in [3.8, 4) is 0 Å². The smallest absolute Gasteiger partial charge is 0.222 e. The number of aromatic nitrogens is 2. The Morgan fingerprint density at radius 1 is 1.42 bits per heavy atom. The lowest BCUT2D eigenvalue weighted by molar-refractivity contribution is -0.132. The average Bonchev–Trinajstić information content (AvgIpc) is 2.39. The van der Waals surface area contributed by atoms with Gasteiger partial charge in [0, 0.05) is 38.2 Å². The van der Waals surface area contributed by atoms with E-state index in [2.05, 4.69) is 20.6 Å². The number of likely N-dealkylation sites (N-methyl/N-ethyl adjacent to an activating group) is 1. The van der Waals surface area contributed by atoms with Crippen LogP contribution in [0.5, 0.6) is 0 Å². The van der Waals surface area contributed by atoms with Crippen molar-refractivity contribution in [1.29, 1.82) is 0 Å². The van der Waals surface area contributed by atoms with Crippen LogP contribution in [0.1, 0.15) is 25.3 Å². The van der Waals surface area contributed by atoms with Crippen molar-refractivity contribution < 1.29 is 4.79 Å². The summed E-state index contributed by atoms with van der Waals surface area (Å²) in [5.41, 5.74) is 1.02. The summed E-state index contributed by atoms with van der Waals surface area (Å²) < 4.78 is 0. The van der Waals surface area contributed by atoms with Crippen molar-refractivity contribution in [1.82, 2.24) is 14.9 Å². The van der Waals surface area contributed by atoms with E-state index >= 15 is 0 Å². The number of likely N-dealkylation sites (tertiary alicyclic amines) is 1. The lowest BCUT2D eigenvalue weighted by Gasteiger charge is -2.30. The molecule has 1 unspecified atom stereocenters. The van der Waals surface area contributed by atoms with Crippen LogP contribution in [0.4, 0.5) is 11.6 Å². The number of nitrogens with one attached hydrogen (secondary N) is 2. The monoisotopic (exact) mass is 263 g/mol. The molecule has 6 heteroatoms. The number of hydrogen-bond donors (Lipinski definition) is 2. The summed E-state index contributed by atoms with van der Waals surface area (Å²) in [6, 6.07) is 0.255. The van der Waals surface area contributed by atoms with Crippen molar-refractivity contribution in [3.05, 3.63) is 11.9 Å². The number of rotatable bonds is 4. The highest BCUT2D eigenvalue weighted by Crippen LogP contribution is 2.21. The fraction of sp³-hybridized carbons (Fsp3) is 0.615. The second kappa shape index (κ2) is 5.86. The molecule has 1 aliphatic heterocycles. The minimum atomic E-state index is 0.214. The van der Waals surface area contributed by atoms with Gasteiger partial charge in [-0.25, -0.2) is 9.97 Å². The summed E-state index contributed by atoms with van der Waals surface area (Å²) in [6.07, 6.45) is 3.01. The summed E-state index contributed by atoms with van der Waals surface area (Å²) >= 11 is 0. The lowest BCUT2D eigenvalue weighted by Crippen LogP contribution is -2.43. The molecule has 0 bridgehead atoms. The first-order valence-electron chi connectivity index (χ1n) is 6.67. The number of carbonyl (C=O) groups is 1. The number of nitrogens with zero attached hydrogens (tertiary/aromatic N) is 3. The Morgan fingerprint density at radius 3 is 2.84 bits per heavy atom. The summed E-state index contributed by atoms with van der Waals surface area (Å²) in [5, 5.41) is 6.63. The van der Waals surface area contributed by atoms with Crippen molar-refractivity contribution in [2.75, 3.05) is 30.8 Å². The van der Waals surface area contributed by atoms with Crippen LogP contribution in [0.25, 0.3) is 0 Å². The third-order valence-electron chi connectivity index (χ3n) is 3.40. The molecular formula is C13H21N5O. The molecule has 1 aromatic heterocycles. The summed E-state index contributed by atoms with van der Waals surface area (Å²) in [4.78, 5) is 21.7. The third-order valence-corrected chi connectivity index (χ3v) is 3.40. The van der Waals surface area contributed by atoms with Crippen molar-refractivity contribution in [3.63, 3.8) is 0 Å². The first-order valence-corrected chi connectivity index (χ1v) is 6.67. The minimum Gasteiger partial charge on any atom is -0.370 e. The van der Waals surface area contributed by atoms with Crippen LogP contribution in [0.15, 0.2) is 6.33 Å². The highest BCUT2D eigenvalue weighted by molar-refractivity contribution is 5.77. The zero-order valence-corrected chi connectivity index (χ0v) is 11.7. The molecule has 1 atom stereocenters. The quantitative estimate of drug-likeness (QED) is 0.855. The van der Waals surface area contributed by atoms with Gasteiger partial charge in [-0.05, 0) is 20.3 Å². The molecule has 1 aliphatic rings. The molecule has 2 N–H and O–H groups in total. The average molecular weight is 263 g/mol. The molecule has 1 fully saturated rings. The molecule has 0 radical (unpaired) electrons. The highest BCUT2D eigenvalue weighted by atomic mass is 16.2. The summed E-state index contributed by atoms with van der Waals surface area (Å²) in [5.74, 6) is 1.92. The zero-order valence-electron chi connectivity index (χ0n) is 11.7. The first kappa shape index (κ1) is 13.6. The van der Waals surface area contributed by atoms with Gasteiger partial charge in [0.1, 0.15) is 18.0 Å². The van der Waals surface area contributed by atoms with Gasteiger partial charge in [0.25, 0.3) is 0 Å². The topological polar surface area (TPSA) is 70.1 Å². The zero-order chi connectivity index (χ0) is 13.8. The van der Waals surface area contributed by atoms with E-state index in [-0.39, 0.29) is 11.9 Å². The predicted octanol–water partition coefficient (Wildman–Crippen LogP) is 1.25. The molecule has 19 heavy (non-hydrogen) atoms. The van der Waals surface area contributed by atoms with Gasteiger partial charge in [-0.15, -0.1) is 0 Å². The molecule has 0 saturated carbocycles. The molecule has 2 rings (SSSR count). The Bertz CT molecular complexity index is 462. The van der Waals surface area contributed by atoms with Gasteiger partial charge in [0.15, 0.2) is 0 Å². The maximum atomic E-state index is 11.5. The van der Waals surface area contributed by atoms with E-state index in [4.69, 9.17) is 0 Å². The fourth-order valence-corrected chi connectivity index (χ4v) is 2.26. The fourth-order valence-electron chi connectivity index (χ4n) is 2.26. The van der Waals surface area contributed by atoms with E-state index in [1.54, 1.807) is 11.2 Å². The van der Waals surface area contributed by atoms with Crippen LogP contribution < -0.4 is 10.6 Å². The molecule has 0 spiro atoms. The Kier molecular flexibility index (Phi) is 4.19. The molecular weight excluding hydrogens is 242 g/mol. The minimum absolute atomic E-state index is 0.214. The maximum Gasteiger partial charge on any atom is 0.222 e. The number of piperidine rings is 1. The predicted molar refractivity (Wildman–Crippen MR) is 75.2 cm³/mol. The number of amides is 1. The Hall–Kier alpha value is -1.85. The Labute approximate surface area is 113 Å². The largest absolute Gasteiger partial charge is 0.370 e. The van der Waals surface area contributed by atoms with Gasteiger partial charge < -0.3 is 15.5 Å². The van der Waals surface area contributed by atoms with Crippen LogP contribution in [0.3, 0.4) is 0 Å². The number of anilines is 2. The van der Waals surface area contributed by atoms with Gasteiger partial charge in [-0.1, -0.05) is 0 Å². The molecule has 0 aromatic carbocycles. The second-order valence-electron chi connectivity index (χ2n) is 4.88. The van der Waals surface area contributed by atoms with Crippen LogP contribution in [0, 0.1) is 6.92 Å². The molecule has 0 aliphatic carbocycles. The van der Waals surface area contributed by atoms with Crippen molar-refractivity contribution >= 4 is 17.5 Å². The van der Waals surface area contributed by atoms with E-state index in [9.17, 15) is 4.79 Å². The number of carbonyl (C=O) groups excluding carboxylic acids is 1. The standard InChI is InChI=1S/C13H21N5O/c1-4-14-12-9(2)13(16-8-15-12)17-10-5-6-11(19)18(3)7-10/h8,10H,4-7H2,1-3H3,(H2,14,15,16,17). The summed E-state index contributed by atoms with van der Waals surface area (Å²) in [7, 11) is 1.84. The van der Waals surface area contributed by atoms with Gasteiger partial charge in [0.05, 0.1) is 0 Å². The third kappa shape index (κ3) is 3.13. The molecule has 104 valence electrons. The Morgan fingerprint density at radius 2 is 2.16 bits per heavy atom. The van der Waals surface area contributed by atoms with Gasteiger partial charge >= 0.3 is 0 Å². The SMILES string of the molecule is CCNc1ncnc(NC2CCC(=O)N(C)C2)c1C. The van der Waals surface area contributed by atoms with Gasteiger partial charge in [-0.3, -0.25) is 4.79 Å². The molecule has 1 saturated heterocycles. The van der Waals surface area contributed by atoms with E-state index in [0.717, 1.165) is 36.7 Å². The van der Waals surface area contributed by atoms with Crippen molar-refractivity contribution in [2.24, 2.45) is 0 Å². The van der Waals surface area contributed by atoms with E-state index in [0.29, 0.717) is 6.42 Å². The van der Waals surface area contributed by atoms with E-state index < -0.39 is 0 Å². The lowest BCUT2D eigenvalue weighted by atomic mass is 10.1. The highest BCUT2D eigenvalue weighted by Gasteiger charge is 2.23. The van der Waals surface area contributed by atoms with Gasteiger partial charge in [0.2, 0.25) is 5.91 Å². The van der Waals surface area contributed by atoms with Crippen LogP contribution in [0.2, 0.25) is 0 Å². The molecule has 2 heterocycles. The van der Waals surface area contributed by atoms with E-state index in [1.165, 1.54) is 0 Å². The maximum absolute atomic E-state index is 11.5. The normalized spacial score (nSPS) is 19.4. The van der Waals surface area contributed by atoms with E-state index in [1.807, 2.05) is 20.9 Å². The number of hydrogen-bond acceptors (Lipinski definition) is 5. The van der Waals surface area contributed by atoms with Crippen LogP contribution in [-0.4, -0.2) is 47.0 Å². The molecule has 6 nitrogen and oxygen atoms in total. The molecule has 1 aromatic rings. The van der Waals surface area contributed by atoms with Gasteiger partial charge in [-0.2, -0.15) is 0 Å². The second-order valence-corrected chi connectivity index (χ2v) is 4.88. The first-order chi connectivity index (χ1) is 9.11. The Balaban J connectivity index is 2.07. The summed E-state index contributed by atoms with van der Waals surface area (Å²) in [6.45, 7) is 5.59. The van der Waals surface area contributed by atoms with Crippen molar-refractivity contribution in [2.45, 2.75) is 32.7 Å².